The number of nitrogens with two attached hydrogens (primary N) is 1. The van der Waals surface area contributed by atoms with Crippen molar-refractivity contribution >= 4 is 44.0 Å². The van der Waals surface area contributed by atoms with Crippen LogP contribution >= 0.6 is 22.6 Å². The standard InChI is InChI=1S/C13H10IN3O2S/c14-11-3-1-2-4-12(11)17-20(18,19)13-6-5-10(16)7-9(13)8-15/h1-7,17H,16H2. The smallest absolute Gasteiger partial charge is 0.263 e. The predicted octanol–water partition coefficient (Wildman–Crippen LogP) is 2.55. The van der Waals surface area contributed by atoms with Gasteiger partial charge in [0.1, 0.15) is 11.0 Å². The Hall–Kier alpha value is -1.79. The first-order chi connectivity index (χ1) is 9.44. The van der Waals surface area contributed by atoms with Crippen LogP contribution in [0, 0.1) is 14.9 Å². The van der Waals surface area contributed by atoms with E-state index < -0.39 is 10.0 Å². The van der Waals surface area contributed by atoms with Gasteiger partial charge in [-0.25, -0.2) is 8.42 Å². The van der Waals surface area contributed by atoms with Crippen molar-refractivity contribution in [1.29, 1.82) is 5.26 Å². The number of halogens is 1. The summed E-state index contributed by atoms with van der Waals surface area (Å²) in [6, 6.07) is 12.9. The van der Waals surface area contributed by atoms with Gasteiger partial charge in [-0.2, -0.15) is 5.26 Å². The van der Waals surface area contributed by atoms with Crippen molar-refractivity contribution in [3.63, 3.8) is 0 Å². The molecule has 0 unspecified atom stereocenters. The van der Waals surface area contributed by atoms with Crippen LogP contribution in [-0.2, 0) is 10.0 Å². The predicted molar refractivity (Wildman–Crippen MR) is 85.5 cm³/mol. The summed E-state index contributed by atoms with van der Waals surface area (Å²) in [4.78, 5) is -0.0890. The number of anilines is 2. The summed E-state index contributed by atoms with van der Waals surface area (Å²) < 4.78 is 27.9. The minimum Gasteiger partial charge on any atom is -0.399 e. The molecule has 0 fully saturated rings. The van der Waals surface area contributed by atoms with Gasteiger partial charge >= 0.3 is 0 Å². The molecule has 5 nitrogen and oxygen atoms in total. The van der Waals surface area contributed by atoms with E-state index in [-0.39, 0.29) is 10.5 Å². The van der Waals surface area contributed by atoms with Crippen LogP contribution < -0.4 is 10.5 Å². The molecule has 3 N–H and O–H groups in total. The number of hydrogen-bond acceptors (Lipinski definition) is 4. The molecule has 0 bridgehead atoms. The molecule has 0 radical (unpaired) electrons. The summed E-state index contributed by atoms with van der Waals surface area (Å²) in [6.07, 6.45) is 0. The van der Waals surface area contributed by atoms with Crippen molar-refractivity contribution in [3.8, 4) is 6.07 Å². The number of nitrogens with zero attached hydrogens (tertiary/aromatic N) is 1. The zero-order valence-corrected chi connectivity index (χ0v) is 13.1. The van der Waals surface area contributed by atoms with Crippen molar-refractivity contribution in [3.05, 3.63) is 51.6 Å². The lowest BCUT2D eigenvalue weighted by Crippen LogP contribution is -2.15. The second-order valence-corrected chi connectivity index (χ2v) is 6.77. The van der Waals surface area contributed by atoms with Crippen LogP contribution in [0.3, 0.4) is 0 Å². The molecule has 20 heavy (non-hydrogen) atoms. The Bertz CT molecular complexity index is 798. The molecule has 0 atom stereocenters. The summed E-state index contributed by atoms with van der Waals surface area (Å²) in [5.74, 6) is 0. The molecule has 2 aromatic rings. The third kappa shape index (κ3) is 3.02. The number of sulfonamides is 1. The Kier molecular flexibility index (Phi) is 4.15. The van der Waals surface area contributed by atoms with Crippen molar-refractivity contribution in [2.75, 3.05) is 10.5 Å². The minimum absolute atomic E-state index is 0.0171. The molecule has 7 heteroatoms. The number of nitriles is 1. The summed E-state index contributed by atoms with van der Waals surface area (Å²) in [6.45, 7) is 0. The number of nitrogen functional groups attached to an aromatic ring is 1. The van der Waals surface area contributed by atoms with Gasteiger partial charge in [0.25, 0.3) is 10.0 Å². The van der Waals surface area contributed by atoms with E-state index in [2.05, 4.69) is 4.72 Å². The molecule has 0 saturated carbocycles. The second-order valence-electron chi connectivity index (χ2n) is 3.95. The van der Waals surface area contributed by atoms with Gasteiger partial charge in [-0.3, -0.25) is 4.72 Å². The molecule has 0 aliphatic carbocycles. The van der Waals surface area contributed by atoms with E-state index in [1.165, 1.54) is 18.2 Å². The molecule has 0 spiro atoms. The van der Waals surface area contributed by atoms with E-state index in [1.807, 2.05) is 34.7 Å². The maximum absolute atomic E-state index is 12.3. The molecule has 102 valence electrons. The molecule has 2 rings (SSSR count). The van der Waals surface area contributed by atoms with Gasteiger partial charge in [0.15, 0.2) is 0 Å². The molecule has 0 aromatic heterocycles. The number of para-hydroxylation sites is 1. The van der Waals surface area contributed by atoms with E-state index in [0.29, 0.717) is 11.4 Å². The third-order valence-corrected chi connectivity index (χ3v) is 4.90. The molecular formula is C13H10IN3O2S. The van der Waals surface area contributed by atoms with Gasteiger partial charge < -0.3 is 5.73 Å². The van der Waals surface area contributed by atoms with Gasteiger partial charge in [-0.05, 0) is 52.9 Å². The van der Waals surface area contributed by atoms with E-state index in [4.69, 9.17) is 11.0 Å². The quantitative estimate of drug-likeness (QED) is 0.613. The zero-order chi connectivity index (χ0) is 14.8. The van der Waals surface area contributed by atoms with Crippen molar-refractivity contribution in [2.24, 2.45) is 0 Å². The average molecular weight is 399 g/mol. The highest BCUT2D eigenvalue weighted by atomic mass is 127. The van der Waals surface area contributed by atoms with Crippen LogP contribution in [0.1, 0.15) is 5.56 Å². The number of rotatable bonds is 3. The van der Waals surface area contributed by atoms with E-state index in [0.717, 1.165) is 3.57 Å². The number of nitrogens with one attached hydrogen (secondary N) is 1. The lowest BCUT2D eigenvalue weighted by Gasteiger charge is -2.11. The monoisotopic (exact) mass is 399 g/mol. The summed E-state index contributed by atoms with van der Waals surface area (Å²) >= 11 is 2.03. The van der Waals surface area contributed by atoms with Gasteiger partial charge in [-0.15, -0.1) is 0 Å². The largest absolute Gasteiger partial charge is 0.399 e. The SMILES string of the molecule is N#Cc1cc(N)ccc1S(=O)(=O)Nc1ccccc1I. The summed E-state index contributed by atoms with van der Waals surface area (Å²) in [5.41, 5.74) is 6.38. The van der Waals surface area contributed by atoms with Gasteiger partial charge in [-0.1, -0.05) is 12.1 Å². The van der Waals surface area contributed by atoms with E-state index in [1.54, 1.807) is 18.2 Å². The van der Waals surface area contributed by atoms with Gasteiger partial charge in [0.2, 0.25) is 0 Å². The highest BCUT2D eigenvalue weighted by molar-refractivity contribution is 14.1. The van der Waals surface area contributed by atoms with Crippen LogP contribution in [0.4, 0.5) is 11.4 Å². The average Bonchev–Trinajstić information content (AvgIpc) is 2.40. The Morgan fingerprint density at radius 3 is 2.55 bits per heavy atom. The topological polar surface area (TPSA) is 96.0 Å². The molecule has 0 aliphatic heterocycles. The fourth-order valence-electron chi connectivity index (χ4n) is 1.61. The number of hydrogen-bond donors (Lipinski definition) is 2. The van der Waals surface area contributed by atoms with Gasteiger partial charge in [0, 0.05) is 9.26 Å². The van der Waals surface area contributed by atoms with Crippen LogP contribution in [0.5, 0.6) is 0 Å². The normalized spacial score (nSPS) is 10.8. The molecule has 0 saturated heterocycles. The Morgan fingerprint density at radius 2 is 1.90 bits per heavy atom. The first kappa shape index (κ1) is 14.6. The van der Waals surface area contributed by atoms with Crippen LogP contribution in [0.2, 0.25) is 0 Å². The molecule has 2 aromatic carbocycles. The fourth-order valence-corrected chi connectivity index (χ4v) is 3.54. The Balaban J connectivity index is 2.47. The lowest BCUT2D eigenvalue weighted by atomic mass is 10.2. The summed E-state index contributed by atoms with van der Waals surface area (Å²) in [7, 11) is -3.83. The Labute approximate surface area is 130 Å². The van der Waals surface area contributed by atoms with Crippen molar-refractivity contribution in [2.45, 2.75) is 4.90 Å². The maximum atomic E-state index is 12.3. The molecular weight excluding hydrogens is 389 g/mol. The highest BCUT2D eigenvalue weighted by Crippen LogP contribution is 2.24. The van der Waals surface area contributed by atoms with Crippen LogP contribution in [-0.4, -0.2) is 8.42 Å². The molecule has 0 heterocycles. The molecule has 0 aliphatic rings. The van der Waals surface area contributed by atoms with Crippen molar-refractivity contribution in [1.82, 2.24) is 0 Å². The van der Waals surface area contributed by atoms with E-state index >= 15 is 0 Å². The first-order valence-electron chi connectivity index (χ1n) is 5.51. The van der Waals surface area contributed by atoms with Crippen LogP contribution in [0.15, 0.2) is 47.4 Å². The first-order valence-corrected chi connectivity index (χ1v) is 8.07. The maximum Gasteiger partial charge on any atom is 0.263 e. The highest BCUT2D eigenvalue weighted by Gasteiger charge is 2.19. The lowest BCUT2D eigenvalue weighted by molar-refractivity contribution is 0.601. The minimum atomic E-state index is -3.83. The zero-order valence-electron chi connectivity index (χ0n) is 10.2. The number of benzene rings is 2. The van der Waals surface area contributed by atoms with Gasteiger partial charge in [0.05, 0.1) is 11.3 Å². The molecule has 0 amide bonds. The fraction of sp³-hybridized carbons (Fsp3) is 0. The van der Waals surface area contributed by atoms with E-state index in [9.17, 15) is 8.42 Å². The van der Waals surface area contributed by atoms with Crippen LogP contribution in [0.25, 0.3) is 0 Å². The second kappa shape index (κ2) is 5.68. The third-order valence-electron chi connectivity index (χ3n) is 2.53. The van der Waals surface area contributed by atoms with Crippen molar-refractivity contribution < 1.29 is 8.42 Å². The summed E-state index contributed by atoms with van der Waals surface area (Å²) in [5, 5.41) is 9.03. The Morgan fingerprint density at radius 1 is 1.20 bits per heavy atom.